The van der Waals surface area contributed by atoms with Crippen LogP contribution in [0.5, 0.6) is 0 Å². The number of benzene rings is 1. The van der Waals surface area contributed by atoms with Crippen LogP contribution in [-0.4, -0.2) is 32.2 Å². The number of nitrogens with zero attached hydrogens (tertiary/aromatic N) is 1. The molecule has 1 aromatic heterocycles. The van der Waals surface area contributed by atoms with E-state index in [2.05, 4.69) is 5.32 Å². The van der Waals surface area contributed by atoms with Crippen molar-refractivity contribution in [1.82, 2.24) is 4.31 Å². The van der Waals surface area contributed by atoms with Crippen LogP contribution in [0.3, 0.4) is 0 Å². The Bertz CT molecular complexity index is 805. The lowest BCUT2D eigenvalue weighted by Gasteiger charge is -2.16. The van der Waals surface area contributed by atoms with Crippen LogP contribution in [0.1, 0.15) is 18.4 Å². The first-order chi connectivity index (χ1) is 11.3. The zero-order chi connectivity index (χ0) is 17.7. The average Bonchev–Trinajstić information content (AvgIpc) is 3.06. The maximum Gasteiger partial charge on any atom is 0.252 e. The number of amides is 1. The second-order valence-corrected chi connectivity index (χ2v) is 9.03. The second kappa shape index (κ2) is 8.11. The van der Waals surface area contributed by atoms with Crippen molar-refractivity contribution in [2.24, 2.45) is 0 Å². The van der Waals surface area contributed by atoms with Gasteiger partial charge >= 0.3 is 0 Å². The molecule has 0 radical (unpaired) electrons. The number of aryl methyl sites for hydroxylation is 1. The SMILES string of the molecule is Cc1ccc(Cl)cc1NC(=O)CCCN(C)S(=O)(=O)c1cccs1. The number of anilines is 1. The molecule has 130 valence electrons. The number of thiophene rings is 1. The summed E-state index contributed by atoms with van der Waals surface area (Å²) >= 11 is 7.10. The van der Waals surface area contributed by atoms with Gasteiger partial charge < -0.3 is 5.32 Å². The third kappa shape index (κ3) is 4.80. The lowest BCUT2D eigenvalue weighted by molar-refractivity contribution is -0.116. The molecule has 1 N–H and O–H groups in total. The van der Waals surface area contributed by atoms with E-state index in [0.717, 1.165) is 5.56 Å². The van der Waals surface area contributed by atoms with E-state index in [0.29, 0.717) is 21.3 Å². The van der Waals surface area contributed by atoms with Gasteiger partial charge in [0.2, 0.25) is 5.91 Å². The molecule has 1 heterocycles. The fraction of sp³-hybridized carbons (Fsp3) is 0.312. The van der Waals surface area contributed by atoms with E-state index in [4.69, 9.17) is 11.6 Å². The molecule has 5 nitrogen and oxygen atoms in total. The first-order valence-corrected chi connectivity index (χ1v) is 10.1. The minimum Gasteiger partial charge on any atom is -0.326 e. The van der Waals surface area contributed by atoms with Crippen molar-refractivity contribution in [2.45, 2.75) is 24.0 Å². The molecule has 0 aliphatic carbocycles. The summed E-state index contributed by atoms with van der Waals surface area (Å²) in [7, 11) is -1.94. The van der Waals surface area contributed by atoms with Gasteiger partial charge in [-0.15, -0.1) is 11.3 Å². The van der Waals surface area contributed by atoms with Crippen molar-refractivity contribution in [1.29, 1.82) is 0 Å². The molecule has 8 heteroatoms. The maximum atomic E-state index is 12.3. The summed E-state index contributed by atoms with van der Waals surface area (Å²) in [5.74, 6) is -0.165. The Kier molecular flexibility index (Phi) is 6.40. The quantitative estimate of drug-likeness (QED) is 0.788. The highest BCUT2D eigenvalue weighted by Gasteiger charge is 2.21. The highest BCUT2D eigenvalue weighted by atomic mass is 35.5. The molecule has 24 heavy (non-hydrogen) atoms. The Balaban J connectivity index is 1.85. The van der Waals surface area contributed by atoms with Crippen molar-refractivity contribution in [3.63, 3.8) is 0 Å². The minimum atomic E-state index is -3.46. The molecule has 0 fully saturated rings. The lowest BCUT2D eigenvalue weighted by atomic mass is 10.2. The standard InChI is InChI=1S/C16H19ClN2O3S2/c1-12-7-8-13(17)11-14(12)18-15(20)5-3-9-19(2)24(21,22)16-6-4-10-23-16/h4,6-8,10-11H,3,5,9H2,1-2H3,(H,18,20). The maximum absolute atomic E-state index is 12.3. The van der Waals surface area contributed by atoms with Gasteiger partial charge in [-0.3, -0.25) is 4.79 Å². The Morgan fingerprint density at radius 1 is 1.33 bits per heavy atom. The molecular formula is C16H19ClN2O3S2. The van der Waals surface area contributed by atoms with Crippen LogP contribution in [0, 0.1) is 6.92 Å². The van der Waals surface area contributed by atoms with Crippen LogP contribution in [0.4, 0.5) is 5.69 Å². The summed E-state index contributed by atoms with van der Waals surface area (Å²) in [4.78, 5) is 12.0. The number of carbonyl (C=O) groups excluding carboxylic acids is 1. The van der Waals surface area contributed by atoms with Crippen LogP contribution in [0.25, 0.3) is 0 Å². The number of halogens is 1. The zero-order valence-electron chi connectivity index (χ0n) is 13.5. The van der Waals surface area contributed by atoms with Crippen LogP contribution in [0.2, 0.25) is 5.02 Å². The molecule has 0 unspecified atom stereocenters. The Morgan fingerprint density at radius 2 is 2.08 bits per heavy atom. The summed E-state index contributed by atoms with van der Waals surface area (Å²) in [6.07, 6.45) is 0.669. The summed E-state index contributed by atoms with van der Waals surface area (Å²) in [6.45, 7) is 2.16. The largest absolute Gasteiger partial charge is 0.326 e. The van der Waals surface area contributed by atoms with Crippen LogP contribution in [-0.2, 0) is 14.8 Å². The number of nitrogens with one attached hydrogen (secondary N) is 1. The second-order valence-electron chi connectivity index (χ2n) is 5.37. The average molecular weight is 387 g/mol. The van der Waals surface area contributed by atoms with E-state index in [-0.39, 0.29) is 18.9 Å². The Hall–Kier alpha value is -1.41. The van der Waals surface area contributed by atoms with Gasteiger partial charge in [0.25, 0.3) is 10.0 Å². The van der Waals surface area contributed by atoms with E-state index >= 15 is 0 Å². The van der Waals surface area contributed by atoms with Gasteiger partial charge in [-0.25, -0.2) is 12.7 Å². The number of rotatable bonds is 7. The van der Waals surface area contributed by atoms with Gasteiger partial charge in [-0.1, -0.05) is 23.7 Å². The van der Waals surface area contributed by atoms with E-state index < -0.39 is 10.0 Å². The first-order valence-electron chi connectivity index (χ1n) is 7.36. The Labute approximate surface area is 151 Å². The molecule has 0 saturated heterocycles. The monoisotopic (exact) mass is 386 g/mol. The van der Waals surface area contributed by atoms with Gasteiger partial charge in [-0.05, 0) is 42.5 Å². The van der Waals surface area contributed by atoms with Crippen molar-refractivity contribution in [3.8, 4) is 0 Å². The predicted octanol–water partition coefficient (Wildman–Crippen LogP) is 3.75. The summed E-state index contributed by atoms with van der Waals surface area (Å²) in [5.41, 5.74) is 1.59. The number of hydrogen-bond donors (Lipinski definition) is 1. The normalized spacial score (nSPS) is 11.7. The molecule has 2 aromatic rings. The first kappa shape index (κ1) is 18.9. The van der Waals surface area contributed by atoms with E-state index in [1.165, 1.54) is 22.7 Å². The van der Waals surface area contributed by atoms with Gasteiger partial charge in [-0.2, -0.15) is 0 Å². The molecule has 0 aliphatic heterocycles. The minimum absolute atomic E-state index is 0.165. The van der Waals surface area contributed by atoms with Gasteiger partial charge in [0.1, 0.15) is 4.21 Å². The topological polar surface area (TPSA) is 66.5 Å². The smallest absolute Gasteiger partial charge is 0.252 e. The van der Waals surface area contributed by atoms with E-state index in [9.17, 15) is 13.2 Å². The number of carbonyl (C=O) groups is 1. The molecular weight excluding hydrogens is 368 g/mol. The van der Waals surface area contributed by atoms with Crippen LogP contribution in [0.15, 0.2) is 39.9 Å². The summed E-state index contributed by atoms with van der Waals surface area (Å²) < 4.78 is 26.1. The Morgan fingerprint density at radius 3 is 2.75 bits per heavy atom. The molecule has 0 aliphatic rings. The van der Waals surface area contributed by atoms with Crippen molar-refractivity contribution in [3.05, 3.63) is 46.3 Å². The molecule has 1 aromatic carbocycles. The molecule has 2 rings (SSSR count). The number of sulfonamides is 1. The van der Waals surface area contributed by atoms with Crippen molar-refractivity contribution >= 4 is 44.6 Å². The van der Waals surface area contributed by atoms with Crippen LogP contribution >= 0.6 is 22.9 Å². The lowest BCUT2D eigenvalue weighted by Crippen LogP contribution is -2.28. The predicted molar refractivity (Wildman–Crippen MR) is 98.2 cm³/mol. The number of hydrogen-bond acceptors (Lipinski definition) is 4. The van der Waals surface area contributed by atoms with Crippen molar-refractivity contribution < 1.29 is 13.2 Å². The third-order valence-corrected chi connectivity index (χ3v) is 6.98. The fourth-order valence-electron chi connectivity index (χ4n) is 2.09. The molecule has 1 amide bonds. The van der Waals surface area contributed by atoms with Crippen LogP contribution < -0.4 is 5.32 Å². The highest BCUT2D eigenvalue weighted by Crippen LogP contribution is 2.21. The van der Waals surface area contributed by atoms with E-state index in [1.807, 2.05) is 13.0 Å². The molecule has 0 saturated carbocycles. The fourth-order valence-corrected chi connectivity index (χ4v) is 4.67. The highest BCUT2D eigenvalue weighted by molar-refractivity contribution is 7.91. The molecule has 0 bridgehead atoms. The summed E-state index contributed by atoms with van der Waals surface area (Å²) in [6, 6.07) is 8.57. The summed E-state index contributed by atoms with van der Waals surface area (Å²) in [5, 5.41) is 5.08. The van der Waals surface area contributed by atoms with Gasteiger partial charge in [0, 0.05) is 30.7 Å². The van der Waals surface area contributed by atoms with Gasteiger partial charge in [0.05, 0.1) is 0 Å². The van der Waals surface area contributed by atoms with E-state index in [1.54, 1.807) is 29.6 Å². The molecule has 0 spiro atoms. The zero-order valence-corrected chi connectivity index (χ0v) is 15.8. The third-order valence-electron chi connectivity index (χ3n) is 3.51. The van der Waals surface area contributed by atoms with Gasteiger partial charge in [0.15, 0.2) is 0 Å². The van der Waals surface area contributed by atoms with Crippen molar-refractivity contribution in [2.75, 3.05) is 18.9 Å². The molecule has 0 atom stereocenters.